The molecule has 0 spiro atoms. The average Bonchev–Trinajstić information content (AvgIpc) is 2.78. The summed E-state index contributed by atoms with van der Waals surface area (Å²) < 4.78 is 31.9. The van der Waals surface area contributed by atoms with Crippen molar-refractivity contribution in [1.82, 2.24) is 4.90 Å². The van der Waals surface area contributed by atoms with Gasteiger partial charge in [-0.05, 0) is 62.1 Å². The lowest BCUT2D eigenvalue weighted by Gasteiger charge is -2.49. The molecule has 37 heavy (non-hydrogen) atoms. The van der Waals surface area contributed by atoms with E-state index in [9.17, 15) is 23.1 Å². The largest absolute Gasteiger partial charge is 0.481 e. The molecule has 1 N–H and O–H groups in total. The van der Waals surface area contributed by atoms with Crippen LogP contribution in [-0.2, 0) is 24.2 Å². The predicted octanol–water partition coefficient (Wildman–Crippen LogP) is 5.72. The Labute approximate surface area is 228 Å². The number of aliphatic carboxylic acids is 1. The van der Waals surface area contributed by atoms with Gasteiger partial charge in [-0.2, -0.15) is 0 Å². The number of hydrogen-bond acceptors (Lipinski definition) is 5. The molecule has 202 valence electrons. The lowest BCUT2D eigenvalue weighted by atomic mass is 9.88. The highest BCUT2D eigenvalue weighted by molar-refractivity contribution is 7.92. The number of amides is 1. The van der Waals surface area contributed by atoms with Crippen molar-refractivity contribution in [3.63, 3.8) is 0 Å². The molecule has 4 atom stereocenters. The molecule has 1 fully saturated rings. The van der Waals surface area contributed by atoms with Crippen molar-refractivity contribution in [2.24, 2.45) is 5.92 Å². The first kappa shape index (κ1) is 29.4. The second kappa shape index (κ2) is 11.3. The molecule has 1 heterocycles. The van der Waals surface area contributed by atoms with E-state index in [1.165, 1.54) is 4.90 Å². The highest BCUT2D eigenvalue weighted by Crippen LogP contribution is 2.45. The molecule has 2 aromatic carbocycles. The second-order valence-electron chi connectivity index (χ2n) is 10.6. The standard InChI is InChI=1S/C27H33Cl2NO6S/c1-16(2)21(15-37(34,35)27(3,4)5)30-24(17-9-11-19(28)12-10-17)25(18-7-6-8-20(29)13-18)36-22(26(30)33)14-23(31)32/h6-13,16,21-22,24-25H,14-15H2,1-5H3,(H,31,32). The van der Waals surface area contributed by atoms with Gasteiger partial charge in [-0.3, -0.25) is 9.59 Å². The molecule has 2 aromatic rings. The fourth-order valence-corrected chi connectivity index (χ4v) is 6.25. The van der Waals surface area contributed by atoms with Gasteiger partial charge in [0.05, 0.1) is 23.0 Å². The zero-order valence-corrected chi connectivity index (χ0v) is 23.8. The highest BCUT2D eigenvalue weighted by atomic mass is 35.5. The number of ether oxygens (including phenoxy) is 1. The number of carboxylic acids is 1. The van der Waals surface area contributed by atoms with Crippen molar-refractivity contribution in [3.05, 3.63) is 69.7 Å². The first-order valence-corrected chi connectivity index (χ1v) is 14.5. The third-order valence-electron chi connectivity index (χ3n) is 6.63. The van der Waals surface area contributed by atoms with E-state index in [4.69, 9.17) is 27.9 Å². The van der Waals surface area contributed by atoms with E-state index in [2.05, 4.69) is 0 Å². The maximum Gasteiger partial charge on any atom is 0.306 e. The molecule has 3 rings (SSSR count). The number of carboxylic acid groups (broad SMARTS) is 1. The minimum absolute atomic E-state index is 0.264. The maximum absolute atomic E-state index is 13.9. The van der Waals surface area contributed by atoms with E-state index < -0.39 is 57.2 Å². The molecule has 0 aromatic heterocycles. The van der Waals surface area contributed by atoms with Crippen molar-refractivity contribution in [3.8, 4) is 0 Å². The minimum atomic E-state index is -3.65. The van der Waals surface area contributed by atoms with Crippen LogP contribution in [0.3, 0.4) is 0 Å². The van der Waals surface area contributed by atoms with Crippen molar-refractivity contribution in [2.75, 3.05) is 5.75 Å². The van der Waals surface area contributed by atoms with E-state index in [0.717, 1.165) is 0 Å². The molecule has 4 unspecified atom stereocenters. The maximum atomic E-state index is 13.9. The molecule has 1 aliphatic heterocycles. The van der Waals surface area contributed by atoms with Crippen molar-refractivity contribution < 1.29 is 27.9 Å². The Morgan fingerprint density at radius 2 is 1.68 bits per heavy atom. The lowest BCUT2D eigenvalue weighted by molar-refractivity contribution is -0.184. The van der Waals surface area contributed by atoms with Gasteiger partial charge in [0.1, 0.15) is 12.2 Å². The lowest BCUT2D eigenvalue weighted by Crippen LogP contribution is -2.58. The number of halogens is 2. The zero-order chi connectivity index (χ0) is 27.7. The first-order chi connectivity index (χ1) is 17.1. The summed E-state index contributed by atoms with van der Waals surface area (Å²) in [5.41, 5.74) is 1.32. The van der Waals surface area contributed by atoms with Gasteiger partial charge >= 0.3 is 5.97 Å². The molecule has 0 aliphatic carbocycles. The smallest absolute Gasteiger partial charge is 0.306 e. The Kier molecular flexibility index (Phi) is 9.00. The first-order valence-electron chi connectivity index (χ1n) is 12.0. The summed E-state index contributed by atoms with van der Waals surface area (Å²) in [6.07, 6.45) is -2.67. The summed E-state index contributed by atoms with van der Waals surface area (Å²) in [5, 5.41) is 10.5. The van der Waals surface area contributed by atoms with Crippen LogP contribution >= 0.6 is 23.2 Å². The van der Waals surface area contributed by atoms with E-state index in [1.807, 2.05) is 13.8 Å². The average molecular weight is 571 g/mol. The number of morpholine rings is 1. The Bertz CT molecular complexity index is 1240. The summed E-state index contributed by atoms with van der Waals surface area (Å²) in [7, 11) is -3.65. The summed E-state index contributed by atoms with van der Waals surface area (Å²) in [4.78, 5) is 27.1. The second-order valence-corrected chi connectivity index (χ2v) is 14.3. The molecule has 7 nitrogen and oxygen atoms in total. The third kappa shape index (κ3) is 6.66. The van der Waals surface area contributed by atoms with E-state index in [0.29, 0.717) is 21.2 Å². The number of sulfone groups is 1. The van der Waals surface area contributed by atoms with Crippen molar-refractivity contribution >= 4 is 44.9 Å². The van der Waals surface area contributed by atoms with Crippen molar-refractivity contribution in [1.29, 1.82) is 0 Å². The van der Waals surface area contributed by atoms with Crippen LogP contribution < -0.4 is 0 Å². The van der Waals surface area contributed by atoms with Gasteiger partial charge in [0.25, 0.3) is 5.91 Å². The fourth-order valence-electron chi connectivity index (χ4n) is 4.43. The number of rotatable bonds is 8. The van der Waals surface area contributed by atoms with Gasteiger partial charge in [0.15, 0.2) is 9.84 Å². The predicted molar refractivity (Wildman–Crippen MR) is 145 cm³/mol. The van der Waals surface area contributed by atoms with E-state index in [1.54, 1.807) is 69.3 Å². The molecule has 1 saturated heterocycles. The van der Waals surface area contributed by atoms with Crippen LogP contribution in [0.15, 0.2) is 48.5 Å². The fraction of sp³-hybridized carbons (Fsp3) is 0.481. The van der Waals surface area contributed by atoms with Gasteiger partial charge in [0.2, 0.25) is 0 Å². The van der Waals surface area contributed by atoms with E-state index >= 15 is 0 Å². The van der Waals surface area contributed by atoms with Crippen LogP contribution in [0.4, 0.5) is 0 Å². The summed E-state index contributed by atoms with van der Waals surface area (Å²) >= 11 is 12.4. The molecule has 10 heteroatoms. The summed E-state index contributed by atoms with van der Waals surface area (Å²) in [6.45, 7) is 8.58. The molecular weight excluding hydrogens is 537 g/mol. The van der Waals surface area contributed by atoms with Crippen LogP contribution in [0.1, 0.15) is 64.3 Å². The van der Waals surface area contributed by atoms with Crippen LogP contribution in [0, 0.1) is 5.92 Å². The quantitative estimate of drug-likeness (QED) is 0.436. The summed E-state index contributed by atoms with van der Waals surface area (Å²) in [6, 6.07) is 12.4. The Morgan fingerprint density at radius 1 is 1.05 bits per heavy atom. The molecule has 0 saturated carbocycles. The van der Waals surface area contributed by atoms with Crippen LogP contribution in [0.2, 0.25) is 10.0 Å². The van der Waals surface area contributed by atoms with Gasteiger partial charge < -0.3 is 14.7 Å². The minimum Gasteiger partial charge on any atom is -0.481 e. The normalized spacial score (nSPS) is 21.8. The Morgan fingerprint density at radius 3 is 2.19 bits per heavy atom. The SMILES string of the molecule is CC(C)C(CS(=O)(=O)C(C)(C)C)N1C(=O)C(CC(=O)O)OC(c2cccc(Cl)c2)C1c1ccc(Cl)cc1. The van der Waals surface area contributed by atoms with E-state index in [-0.39, 0.29) is 11.7 Å². The van der Waals surface area contributed by atoms with Gasteiger partial charge in [-0.25, -0.2) is 8.42 Å². The van der Waals surface area contributed by atoms with Crippen LogP contribution in [0.5, 0.6) is 0 Å². The van der Waals surface area contributed by atoms with Crippen molar-refractivity contribution in [2.45, 2.75) is 70.1 Å². The van der Waals surface area contributed by atoms with Gasteiger partial charge in [-0.15, -0.1) is 0 Å². The topological polar surface area (TPSA) is 101 Å². The highest BCUT2D eigenvalue weighted by Gasteiger charge is 2.49. The molecule has 0 bridgehead atoms. The van der Waals surface area contributed by atoms with Gasteiger partial charge in [0, 0.05) is 16.1 Å². The molecule has 1 aliphatic rings. The Hall–Kier alpha value is -2.13. The van der Waals surface area contributed by atoms with Crippen LogP contribution in [-0.4, -0.2) is 52.9 Å². The monoisotopic (exact) mass is 569 g/mol. The van der Waals surface area contributed by atoms with Gasteiger partial charge in [-0.1, -0.05) is 61.3 Å². The number of carbonyl (C=O) groups is 2. The number of carbonyl (C=O) groups excluding carboxylic acids is 1. The third-order valence-corrected chi connectivity index (χ3v) is 9.76. The Balaban J connectivity index is 2.26. The molecule has 1 amide bonds. The number of nitrogens with zero attached hydrogens (tertiary/aromatic N) is 1. The zero-order valence-electron chi connectivity index (χ0n) is 21.5. The molecule has 0 radical (unpaired) electrons. The number of hydrogen-bond donors (Lipinski definition) is 1. The molecular formula is C27H33Cl2NO6S. The van der Waals surface area contributed by atoms with Crippen LogP contribution in [0.25, 0.3) is 0 Å². The summed E-state index contributed by atoms with van der Waals surface area (Å²) in [5.74, 6) is -2.31. The number of benzene rings is 2.